The van der Waals surface area contributed by atoms with Crippen molar-refractivity contribution >= 4 is 38.9 Å². The molecule has 0 saturated heterocycles. The van der Waals surface area contributed by atoms with E-state index in [1.165, 1.54) is 44.6 Å². The van der Waals surface area contributed by atoms with E-state index >= 15 is 0 Å². The highest BCUT2D eigenvalue weighted by Crippen LogP contribution is 2.43. The van der Waals surface area contributed by atoms with Crippen molar-refractivity contribution in [2.75, 3.05) is 23.5 Å². The Kier molecular flexibility index (Phi) is 7.69. The maximum Gasteiger partial charge on any atom is 0.138 e. The highest BCUT2D eigenvalue weighted by atomic mass is 16.5. The zero-order chi connectivity index (χ0) is 36.0. The summed E-state index contributed by atoms with van der Waals surface area (Å²) >= 11 is 0. The van der Waals surface area contributed by atoms with E-state index in [2.05, 4.69) is 197 Å². The van der Waals surface area contributed by atoms with Gasteiger partial charge in [0.2, 0.25) is 0 Å². The molecule has 0 bridgehead atoms. The Bertz CT molecular complexity index is 2750. The average Bonchev–Trinajstić information content (AvgIpc) is 3.75. The van der Waals surface area contributed by atoms with Gasteiger partial charge >= 0.3 is 0 Å². The number of aromatic nitrogens is 2. The summed E-state index contributed by atoms with van der Waals surface area (Å²) in [6, 6.07) is 64.0. The topological polar surface area (TPSA) is 33.5 Å². The van der Waals surface area contributed by atoms with Gasteiger partial charge in [0.05, 0.1) is 29.1 Å². The second-order valence-corrected chi connectivity index (χ2v) is 13.7. The lowest BCUT2D eigenvalue weighted by molar-refractivity contribution is 0.483. The summed E-state index contributed by atoms with van der Waals surface area (Å²) in [7, 11) is 2.13. The number of fused-ring (bicyclic) bond motifs is 4. The Morgan fingerprint density at radius 2 is 1.15 bits per heavy atom. The van der Waals surface area contributed by atoms with Crippen molar-refractivity contribution < 1.29 is 4.74 Å². The quantitative estimate of drug-likeness (QED) is 0.166. The Balaban J connectivity index is 1.09. The minimum Gasteiger partial charge on any atom is -0.457 e. The maximum absolute atomic E-state index is 6.64. The second kappa shape index (κ2) is 13.1. The first kappa shape index (κ1) is 31.6. The Hall–Kier alpha value is -7.11. The van der Waals surface area contributed by atoms with E-state index in [-0.39, 0.29) is 0 Å². The summed E-state index contributed by atoms with van der Waals surface area (Å²) in [6.07, 6.45) is 1.93. The zero-order valence-corrected chi connectivity index (χ0v) is 29.8. The fraction of sp³-hybridized carbons (Fsp3) is 0.0408. The van der Waals surface area contributed by atoms with E-state index in [1.54, 1.807) is 0 Å². The standard InChI is InChI=1S/C49H36N4O/c1-51-33-52(46-25-11-10-24-45(46)51)37-18-12-19-38(31-37)54-39-26-27-43-42-20-8-9-23-44(42)53(47(43)32-39)48-30-36(28-29-50-48)49-40(34-14-4-2-5-15-34)21-13-22-41(49)35-16-6-3-7-17-35/h2-32H,33H2,1H3. The van der Waals surface area contributed by atoms with Crippen LogP contribution in [0.4, 0.5) is 17.1 Å². The Morgan fingerprint density at radius 1 is 0.500 bits per heavy atom. The Morgan fingerprint density at radius 3 is 1.93 bits per heavy atom. The van der Waals surface area contributed by atoms with E-state index < -0.39 is 0 Å². The van der Waals surface area contributed by atoms with Gasteiger partial charge in [-0.15, -0.1) is 0 Å². The van der Waals surface area contributed by atoms with E-state index in [0.717, 1.165) is 51.7 Å². The molecular weight excluding hydrogens is 661 g/mol. The molecule has 0 unspecified atom stereocenters. The predicted octanol–water partition coefficient (Wildman–Crippen LogP) is 12.5. The third kappa shape index (κ3) is 5.46. The van der Waals surface area contributed by atoms with Crippen LogP contribution in [0.3, 0.4) is 0 Å². The van der Waals surface area contributed by atoms with Crippen LogP contribution in [0, 0.1) is 0 Å². The van der Waals surface area contributed by atoms with Crippen molar-refractivity contribution in [1.29, 1.82) is 0 Å². The molecule has 54 heavy (non-hydrogen) atoms. The van der Waals surface area contributed by atoms with Crippen LogP contribution in [0.25, 0.3) is 61.0 Å². The van der Waals surface area contributed by atoms with Gasteiger partial charge in [-0.25, -0.2) is 4.98 Å². The fourth-order valence-corrected chi connectivity index (χ4v) is 7.99. The highest BCUT2D eigenvalue weighted by molar-refractivity contribution is 6.09. The third-order valence-corrected chi connectivity index (χ3v) is 10.4. The normalized spacial score (nSPS) is 12.4. The first-order chi connectivity index (χ1) is 26.7. The number of hydrogen-bond acceptors (Lipinski definition) is 4. The molecule has 0 fully saturated rings. The van der Waals surface area contributed by atoms with Crippen molar-refractivity contribution in [3.05, 3.63) is 188 Å². The maximum atomic E-state index is 6.64. The number of rotatable bonds is 7. The molecule has 3 heterocycles. The molecule has 1 aliphatic rings. The van der Waals surface area contributed by atoms with E-state index in [1.807, 2.05) is 12.3 Å². The van der Waals surface area contributed by atoms with Gasteiger partial charge in [0.25, 0.3) is 0 Å². The predicted molar refractivity (Wildman–Crippen MR) is 223 cm³/mol. The van der Waals surface area contributed by atoms with Crippen LogP contribution in [0.5, 0.6) is 11.5 Å². The van der Waals surface area contributed by atoms with Crippen LogP contribution in [0.1, 0.15) is 0 Å². The van der Waals surface area contributed by atoms with E-state index in [4.69, 9.17) is 9.72 Å². The molecule has 0 amide bonds. The van der Waals surface area contributed by atoms with Crippen molar-refractivity contribution in [3.63, 3.8) is 0 Å². The molecule has 10 rings (SSSR count). The number of pyridine rings is 1. The Labute approximate surface area is 314 Å². The summed E-state index contributed by atoms with van der Waals surface area (Å²) in [5.74, 6) is 2.39. The van der Waals surface area contributed by atoms with Gasteiger partial charge in [0.1, 0.15) is 17.3 Å². The van der Waals surface area contributed by atoms with Crippen LogP contribution < -0.4 is 14.5 Å². The molecule has 1 aliphatic heterocycles. The molecule has 0 radical (unpaired) electrons. The largest absolute Gasteiger partial charge is 0.457 e. The van der Waals surface area contributed by atoms with Gasteiger partial charge in [-0.2, -0.15) is 0 Å². The van der Waals surface area contributed by atoms with Gasteiger partial charge in [0, 0.05) is 41.8 Å². The summed E-state index contributed by atoms with van der Waals surface area (Å²) in [5.41, 5.74) is 12.6. The number of nitrogens with zero attached hydrogens (tertiary/aromatic N) is 4. The molecule has 0 N–H and O–H groups in total. The van der Waals surface area contributed by atoms with Gasteiger partial charge in [-0.3, -0.25) is 4.57 Å². The summed E-state index contributed by atoms with van der Waals surface area (Å²) < 4.78 is 8.90. The molecule has 5 nitrogen and oxygen atoms in total. The zero-order valence-electron chi connectivity index (χ0n) is 29.8. The van der Waals surface area contributed by atoms with Crippen LogP contribution >= 0.6 is 0 Å². The smallest absolute Gasteiger partial charge is 0.138 e. The summed E-state index contributed by atoms with van der Waals surface area (Å²) in [6.45, 7) is 0.781. The number of anilines is 3. The lowest BCUT2D eigenvalue weighted by Gasteiger charge is -2.20. The molecule has 7 aromatic carbocycles. The van der Waals surface area contributed by atoms with Crippen LogP contribution in [0.2, 0.25) is 0 Å². The first-order valence-electron chi connectivity index (χ1n) is 18.3. The van der Waals surface area contributed by atoms with Crippen LogP contribution in [-0.4, -0.2) is 23.3 Å². The number of benzene rings is 7. The third-order valence-electron chi connectivity index (χ3n) is 10.4. The first-order valence-corrected chi connectivity index (χ1v) is 18.3. The molecule has 0 saturated carbocycles. The summed E-state index contributed by atoms with van der Waals surface area (Å²) in [5, 5.41) is 2.31. The van der Waals surface area contributed by atoms with Crippen molar-refractivity contribution in [1.82, 2.24) is 9.55 Å². The van der Waals surface area contributed by atoms with Crippen molar-refractivity contribution in [3.8, 4) is 50.7 Å². The van der Waals surface area contributed by atoms with E-state index in [9.17, 15) is 0 Å². The van der Waals surface area contributed by atoms with Gasteiger partial charge < -0.3 is 14.5 Å². The molecule has 0 atom stereocenters. The van der Waals surface area contributed by atoms with Crippen molar-refractivity contribution in [2.45, 2.75) is 0 Å². The van der Waals surface area contributed by atoms with E-state index in [0.29, 0.717) is 0 Å². The minimum atomic E-state index is 0.764. The number of ether oxygens (including phenoxy) is 1. The fourth-order valence-electron chi connectivity index (χ4n) is 7.99. The van der Waals surface area contributed by atoms with Gasteiger partial charge in [0.15, 0.2) is 0 Å². The number of hydrogen-bond donors (Lipinski definition) is 0. The van der Waals surface area contributed by atoms with Crippen molar-refractivity contribution in [2.24, 2.45) is 0 Å². The minimum absolute atomic E-state index is 0.764. The number of para-hydroxylation sites is 3. The molecular formula is C49H36N4O. The molecule has 0 spiro atoms. The molecule has 5 heteroatoms. The lowest BCUT2D eigenvalue weighted by atomic mass is 9.88. The lowest BCUT2D eigenvalue weighted by Crippen LogP contribution is -2.23. The monoisotopic (exact) mass is 696 g/mol. The SMILES string of the molecule is CN1CN(c2cccc(Oc3ccc4c5ccccc5n(-c5cc(-c6c(-c7ccccc7)cccc6-c6ccccc6)ccn5)c4c3)c2)c2ccccc21. The highest BCUT2D eigenvalue weighted by Gasteiger charge is 2.24. The average molecular weight is 697 g/mol. The van der Waals surface area contributed by atoms with Crippen LogP contribution in [0.15, 0.2) is 188 Å². The summed E-state index contributed by atoms with van der Waals surface area (Å²) in [4.78, 5) is 9.60. The van der Waals surface area contributed by atoms with Crippen LogP contribution in [-0.2, 0) is 0 Å². The molecule has 0 aliphatic carbocycles. The van der Waals surface area contributed by atoms with Gasteiger partial charge in [-0.1, -0.05) is 115 Å². The molecule has 258 valence electrons. The second-order valence-electron chi connectivity index (χ2n) is 13.7. The van der Waals surface area contributed by atoms with Gasteiger partial charge in [-0.05, 0) is 88.0 Å². The molecule has 9 aromatic rings. The molecule has 2 aromatic heterocycles.